The van der Waals surface area contributed by atoms with Crippen LogP contribution >= 0.6 is 0 Å². The molecule has 0 fully saturated rings. The van der Waals surface area contributed by atoms with Crippen LogP contribution in [0.3, 0.4) is 0 Å². The van der Waals surface area contributed by atoms with Gasteiger partial charge in [0.2, 0.25) is 0 Å². The van der Waals surface area contributed by atoms with Crippen molar-refractivity contribution in [2.75, 3.05) is 0 Å². The topological polar surface area (TPSA) is 9.86 Å². The molecule has 0 amide bonds. The zero-order valence-electron chi connectivity index (χ0n) is 34.2. The number of rotatable bonds is 7. The summed E-state index contributed by atoms with van der Waals surface area (Å²) in [5, 5.41) is 5.00. The molecule has 0 radical (unpaired) electrons. The van der Waals surface area contributed by atoms with Crippen molar-refractivity contribution >= 4 is 49.2 Å². The van der Waals surface area contributed by atoms with Gasteiger partial charge < -0.3 is 9.13 Å². The Kier molecular flexibility index (Phi) is 8.50. The van der Waals surface area contributed by atoms with E-state index in [1.165, 1.54) is 93.7 Å². The Balaban J connectivity index is 1.02. The molecule has 0 N–H and O–H groups in total. The number of hydrogen-bond donors (Lipinski definition) is 0. The number of nitrogens with zero attached hydrogens (tertiary/aromatic N) is 2. The highest BCUT2D eigenvalue weighted by atomic mass is 15.1. The fourth-order valence-corrected chi connectivity index (χ4v) is 10.1. The van der Waals surface area contributed by atoms with Crippen molar-refractivity contribution in [3.05, 3.63) is 254 Å². The Labute approximate surface area is 361 Å². The Morgan fingerprint density at radius 3 is 1.45 bits per heavy atom. The lowest BCUT2D eigenvalue weighted by Crippen LogP contribution is -2.34. The second kappa shape index (κ2) is 14.7. The van der Waals surface area contributed by atoms with E-state index in [4.69, 9.17) is 0 Å². The largest absolute Gasteiger partial charge is 0.326 e. The molecule has 0 saturated heterocycles. The van der Waals surface area contributed by atoms with Crippen molar-refractivity contribution in [1.29, 1.82) is 0 Å². The third-order valence-corrected chi connectivity index (χ3v) is 13.0. The van der Waals surface area contributed by atoms with Crippen LogP contribution in [0.5, 0.6) is 0 Å². The maximum Gasteiger partial charge on any atom is 0.0929 e. The summed E-state index contributed by atoms with van der Waals surface area (Å²) in [6, 6.07) is 82.2. The van der Waals surface area contributed by atoms with Gasteiger partial charge in [0.25, 0.3) is 0 Å². The van der Waals surface area contributed by atoms with Crippen molar-refractivity contribution < 1.29 is 0 Å². The Bertz CT molecular complexity index is 3520. The van der Waals surface area contributed by atoms with Gasteiger partial charge in [-0.2, -0.15) is 0 Å². The first kappa shape index (κ1) is 36.0. The monoisotopic (exact) mass is 790 g/mol. The lowest BCUT2D eigenvalue weighted by atomic mass is 9.78. The molecule has 0 spiro atoms. The van der Waals surface area contributed by atoms with Gasteiger partial charge >= 0.3 is 0 Å². The summed E-state index contributed by atoms with van der Waals surface area (Å²) in [4.78, 5) is 0. The van der Waals surface area contributed by atoms with E-state index in [0.717, 1.165) is 12.1 Å². The summed E-state index contributed by atoms with van der Waals surface area (Å²) >= 11 is 0. The number of benzene rings is 9. The average molecular weight is 791 g/mol. The standard InChI is InChI=1S/C60H42N2/c1-5-17-42(18-6-1)44-21-15-22-45(37-44)49-23-16-36-60(41-49,50-24-9-3-10-25-50)62-58-29-14-13-28-52(58)53-39-48(32-35-59(53)62)47-31-34-57-55(40-47)54-38-46(43-19-7-2-8-20-43)30-33-56(54)61(57)51-26-11-4-12-27-51/h1-40H,41H2. The molecule has 9 aromatic carbocycles. The van der Waals surface area contributed by atoms with E-state index < -0.39 is 5.54 Å². The molecule has 0 bridgehead atoms. The van der Waals surface area contributed by atoms with Crippen molar-refractivity contribution in [1.82, 2.24) is 9.13 Å². The summed E-state index contributed by atoms with van der Waals surface area (Å²) in [5.41, 5.74) is 16.7. The molecule has 0 saturated carbocycles. The van der Waals surface area contributed by atoms with Gasteiger partial charge in [-0.3, -0.25) is 0 Å². The first-order valence-corrected chi connectivity index (χ1v) is 21.5. The highest BCUT2D eigenvalue weighted by Crippen LogP contribution is 2.47. The minimum Gasteiger partial charge on any atom is -0.326 e. The van der Waals surface area contributed by atoms with Gasteiger partial charge in [0.15, 0.2) is 0 Å². The van der Waals surface area contributed by atoms with Crippen molar-refractivity contribution in [3.8, 4) is 39.1 Å². The van der Waals surface area contributed by atoms with Crippen LogP contribution in [0.25, 0.3) is 88.3 Å². The van der Waals surface area contributed by atoms with E-state index in [-0.39, 0.29) is 0 Å². The zero-order valence-corrected chi connectivity index (χ0v) is 34.2. The minimum absolute atomic E-state index is 0.467. The molecular weight excluding hydrogens is 749 g/mol. The molecule has 1 atom stereocenters. The molecule has 292 valence electrons. The molecule has 1 aliphatic rings. The van der Waals surface area contributed by atoms with Crippen LogP contribution in [-0.4, -0.2) is 9.13 Å². The predicted molar refractivity (Wildman–Crippen MR) is 262 cm³/mol. The van der Waals surface area contributed by atoms with Crippen LogP contribution in [0.4, 0.5) is 0 Å². The molecule has 62 heavy (non-hydrogen) atoms. The van der Waals surface area contributed by atoms with Crippen LogP contribution in [0.15, 0.2) is 243 Å². The average Bonchev–Trinajstić information content (AvgIpc) is 3.87. The lowest BCUT2D eigenvalue weighted by Gasteiger charge is -2.38. The summed E-state index contributed by atoms with van der Waals surface area (Å²) in [6.07, 6.45) is 7.83. The quantitative estimate of drug-likeness (QED) is 0.152. The smallest absolute Gasteiger partial charge is 0.0929 e. The van der Waals surface area contributed by atoms with Gasteiger partial charge in [-0.1, -0.05) is 182 Å². The summed E-state index contributed by atoms with van der Waals surface area (Å²) in [5.74, 6) is 0. The van der Waals surface area contributed by atoms with Gasteiger partial charge in [-0.05, 0) is 111 Å². The fourth-order valence-electron chi connectivity index (χ4n) is 10.1. The van der Waals surface area contributed by atoms with Crippen LogP contribution in [-0.2, 0) is 5.54 Å². The van der Waals surface area contributed by atoms with E-state index in [1.54, 1.807) is 0 Å². The molecule has 1 aliphatic carbocycles. The predicted octanol–water partition coefficient (Wildman–Crippen LogP) is 15.7. The second-order valence-electron chi connectivity index (χ2n) is 16.6. The molecule has 2 heteroatoms. The summed E-state index contributed by atoms with van der Waals surface area (Å²) in [6.45, 7) is 0. The number of hydrogen-bond acceptors (Lipinski definition) is 0. The third-order valence-electron chi connectivity index (χ3n) is 13.0. The highest BCUT2D eigenvalue weighted by Gasteiger charge is 2.37. The van der Waals surface area contributed by atoms with Crippen molar-refractivity contribution in [3.63, 3.8) is 0 Å². The molecule has 2 aromatic heterocycles. The second-order valence-corrected chi connectivity index (χ2v) is 16.6. The van der Waals surface area contributed by atoms with Gasteiger partial charge in [-0.15, -0.1) is 0 Å². The SMILES string of the molecule is C1=CC(c2ccccc2)(n2c3ccccc3c3cc(-c4ccc5c(c4)c4cc(-c6ccccc6)ccc4n5-c4ccccc4)ccc32)CC(c2cccc(-c3ccccc3)c2)=C1. The number of para-hydroxylation sites is 2. The van der Waals surface area contributed by atoms with Crippen molar-refractivity contribution in [2.24, 2.45) is 0 Å². The fraction of sp³-hybridized carbons (Fsp3) is 0.0333. The molecule has 0 aliphatic heterocycles. The number of allylic oxidation sites excluding steroid dienone is 4. The van der Waals surface area contributed by atoms with E-state index in [0.29, 0.717) is 0 Å². The first-order chi connectivity index (χ1) is 30.7. The summed E-state index contributed by atoms with van der Waals surface area (Å²) < 4.78 is 5.02. The lowest BCUT2D eigenvalue weighted by molar-refractivity contribution is 0.485. The van der Waals surface area contributed by atoms with E-state index in [1.807, 2.05) is 0 Å². The van der Waals surface area contributed by atoms with Crippen molar-refractivity contribution in [2.45, 2.75) is 12.0 Å². The van der Waals surface area contributed by atoms with Gasteiger partial charge in [-0.25, -0.2) is 0 Å². The van der Waals surface area contributed by atoms with E-state index >= 15 is 0 Å². The molecule has 12 rings (SSSR count). The minimum atomic E-state index is -0.467. The number of aromatic nitrogens is 2. The Morgan fingerprint density at radius 1 is 0.339 bits per heavy atom. The van der Waals surface area contributed by atoms with Gasteiger partial charge in [0, 0.05) is 33.7 Å². The first-order valence-electron chi connectivity index (χ1n) is 21.5. The molecule has 2 heterocycles. The maximum absolute atomic E-state index is 2.61. The zero-order chi connectivity index (χ0) is 41.0. The third kappa shape index (κ3) is 5.87. The Morgan fingerprint density at radius 2 is 0.806 bits per heavy atom. The van der Waals surface area contributed by atoms with E-state index in [9.17, 15) is 0 Å². The molecule has 1 unspecified atom stereocenters. The Hall–Kier alpha value is -7.94. The molecule has 11 aromatic rings. The van der Waals surface area contributed by atoms with Gasteiger partial charge in [0.1, 0.15) is 0 Å². The van der Waals surface area contributed by atoms with Crippen LogP contribution in [0.1, 0.15) is 17.5 Å². The van der Waals surface area contributed by atoms with Crippen LogP contribution < -0.4 is 0 Å². The van der Waals surface area contributed by atoms with Crippen LogP contribution in [0.2, 0.25) is 0 Å². The molecular formula is C60H42N2. The maximum atomic E-state index is 2.61. The number of fused-ring (bicyclic) bond motifs is 6. The van der Waals surface area contributed by atoms with Crippen LogP contribution in [0, 0.1) is 0 Å². The summed E-state index contributed by atoms with van der Waals surface area (Å²) in [7, 11) is 0. The molecule has 2 nitrogen and oxygen atoms in total. The highest BCUT2D eigenvalue weighted by molar-refractivity contribution is 6.13. The normalized spacial score (nSPS) is 15.1. The van der Waals surface area contributed by atoms with E-state index in [2.05, 4.69) is 252 Å². The van der Waals surface area contributed by atoms with Gasteiger partial charge in [0.05, 0.1) is 27.6 Å².